The highest BCUT2D eigenvalue weighted by molar-refractivity contribution is 5.89. The van der Waals surface area contributed by atoms with Crippen LogP contribution >= 0.6 is 0 Å². The first-order chi connectivity index (χ1) is 19.5. The molecule has 3 bridgehead atoms. The fourth-order valence-electron chi connectivity index (χ4n) is 9.10. The van der Waals surface area contributed by atoms with Gasteiger partial charge in [0.25, 0.3) is 5.97 Å². The summed E-state index contributed by atoms with van der Waals surface area (Å²) in [4.78, 5) is 25.9. The number of hydrogen-bond acceptors (Lipinski definition) is 11. The maximum atomic E-state index is 13.5. The quantitative estimate of drug-likeness (QED) is 0.298. The molecule has 2 heterocycles. The van der Waals surface area contributed by atoms with Crippen LogP contribution in [0, 0.1) is 23.7 Å². The lowest BCUT2D eigenvalue weighted by molar-refractivity contribution is -0.429. The van der Waals surface area contributed by atoms with Crippen LogP contribution in [0.5, 0.6) is 0 Å². The fraction of sp³-hybridized carbons (Fsp3) is 0.677. The SMILES string of the molecule is C=C(C)[C@@]12O[C@@]3(C)O[C@@H]1[C@@H]1[C@H](O)[C@@](C)(O)[C@@H](OC(C)=O)[C@@]4(O)[C@@H](C[C@H](C)[C@@H]4O)[C@@]1(O3)[C@H](C)[C@@H]2OC(=O)c1ccccc1. The van der Waals surface area contributed by atoms with Crippen LogP contribution in [0.3, 0.4) is 0 Å². The van der Waals surface area contributed by atoms with E-state index in [0.29, 0.717) is 11.1 Å². The second-order valence-electron chi connectivity index (χ2n) is 13.3. The summed E-state index contributed by atoms with van der Waals surface area (Å²) >= 11 is 0. The molecule has 1 aromatic rings. The van der Waals surface area contributed by atoms with Crippen molar-refractivity contribution >= 4 is 11.9 Å². The number of hydrogen-bond donors (Lipinski definition) is 4. The maximum Gasteiger partial charge on any atom is 0.338 e. The molecule has 2 saturated heterocycles. The third kappa shape index (κ3) is 3.47. The summed E-state index contributed by atoms with van der Waals surface area (Å²) in [5.41, 5.74) is -6.95. The lowest BCUT2D eigenvalue weighted by Gasteiger charge is -2.62. The zero-order valence-corrected chi connectivity index (χ0v) is 24.6. The Morgan fingerprint density at radius 1 is 1.00 bits per heavy atom. The topological polar surface area (TPSA) is 161 Å². The highest BCUT2D eigenvalue weighted by Crippen LogP contribution is 2.71. The summed E-state index contributed by atoms with van der Waals surface area (Å²) in [5.74, 6) is -6.65. The molecule has 0 amide bonds. The first-order valence-corrected chi connectivity index (χ1v) is 14.5. The van der Waals surface area contributed by atoms with E-state index in [1.165, 1.54) is 6.92 Å². The zero-order valence-electron chi connectivity index (χ0n) is 24.6. The van der Waals surface area contributed by atoms with Gasteiger partial charge in [0.1, 0.15) is 23.4 Å². The first-order valence-electron chi connectivity index (χ1n) is 14.5. The van der Waals surface area contributed by atoms with E-state index >= 15 is 0 Å². The van der Waals surface area contributed by atoms with Gasteiger partial charge in [-0.25, -0.2) is 4.79 Å². The Hall–Kier alpha value is -2.38. The molecule has 11 nitrogen and oxygen atoms in total. The van der Waals surface area contributed by atoms with E-state index in [2.05, 4.69) is 6.58 Å². The van der Waals surface area contributed by atoms with Crippen molar-refractivity contribution in [3.05, 3.63) is 48.0 Å². The van der Waals surface area contributed by atoms with Crippen LogP contribution in [-0.4, -0.2) is 91.3 Å². The molecular weight excluding hydrogens is 548 g/mol. The smallest absolute Gasteiger partial charge is 0.338 e. The normalized spacial score (nSPS) is 52.2. The molecular formula is C31H40O11. The van der Waals surface area contributed by atoms with Crippen molar-refractivity contribution in [2.24, 2.45) is 23.7 Å². The molecule has 42 heavy (non-hydrogen) atoms. The number of ether oxygens (including phenoxy) is 5. The van der Waals surface area contributed by atoms with Crippen LogP contribution in [0.4, 0.5) is 0 Å². The molecule has 5 aliphatic rings. The van der Waals surface area contributed by atoms with Crippen LogP contribution in [0.2, 0.25) is 0 Å². The number of fused-ring (bicyclic) bond motifs is 2. The van der Waals surface area contributed by atoms with Gasteiger partial charge in [-0.3, -0.25) is 4.79 Å². The van der Waals surface area contributed by atoms with Gasteiger partial charge in [0.15, 0.2) is 11.7 Å². The predicted molar refractivity (Wildman–Crippen MR) is 144 cm³/mol. The van der Waals surface area contributed by atoms with Gasteiger partial charge in [-0.15, -0.1) is 0 Å². The van der Waals surface area contributed by atoms with Crippen molar-refractivity contribution < 1.29 is 53.7 Å². The van der Waals surface area contributed by atoms with Crippen LogP contribution in [0.15, 0.2) is 42.5 Å². The van der Waals surface area contributed by atoms with E-state index in [9.17, 15) is 30.0 Å². The molecule has 11 heteroatoms. The van der Waals surface area contributed by atoms with E-state index < -0.39 is 94.5 Å². The molecule has 230 valence electrons. The van der Waals surface area contributed by atoms with E-state index in [1.807, 2.05) is 0 Å². The molecule has 14 atom stereocenters. The number of aliphatic hydroxyl groups is 4. The summed E-state index contributed by atoms with van der Waals surface area (Å²) in [6.45, 7) is 13.3. The minimum absolute atomic E-state index is 0.168. The number of benzene rings is 1. The van der Waals surface area contributed by atoms with E-state index in [1.54, 1.807) is 58.0 Å². The molecule has 5 fully saturated rings. The van der Waals surface area contributed by atoms with E-state index in [-0.39, 0.29) is 6.42 Å². The Morgan fingerprint density at radius 3 is 2.24 bits per heavy atom. The van der Waals surface area contributed by atoms with Crippen molar-refractivity contribution in [1.82, 2.24) is 0 Å². The highest BCUT2D eigenvalue weighted by atomic mass is 16.9. The Labute approximate surface area is 244 Å². The molecule has 0 unspecified atom stereocenters. The molecule has 4 N–H and O–H groups in total. The summed E-state index contributed by atoms with van der Waals surface area (Å²) in [6, 6.07) is 8.44. The number of esters is 2. The Bertz CT molecular complexity index is 1310. The number of rotatable bonds is 4. The largest absolute Gasteiger partial charge is 0.456 e. The molecule has 0 spiro atoms. The average molecular weight is 589 g/mol. The van der Waals surface area contributed by atoms with Crippen molar-refractivity contribution in [3.63, 3.8) is 0 Å². The lowest BCUT2D eigenvalue weighted by atomic mass is 9.52. The number of carbonyl (C=O) groups is 2. The Kier molecular flexibility index (Phi) is 6.41. The van der Waals surface area contributed by atoms with Crippen molar-refractivity contribution in [1.29, 1.82) is 0 Å². The zero-order chi connectivity index (χ0) is 30.8. The Morgan fingerprint density at radius 2 is 1.64 bits per heavy atom. The number of carbonyl (C=O) groups excluding carboxylic acids is 2. The summed E-state index contributed by atoms with van der Waals surface area (Å²) in [7, 11) is 0. The van der Waals surface area contributed by atoms with E-state index in [0.717, 1.165) is 6.92 Å². The molecule has 2 aliphatic heterocycles. The van der Waals surface area contributed by atoms with Gasteiger partial charge in [-0.1, -0.05) is 38.6 Å². The molecule has 3 saturated carbocycles. The summed E-state index contributed by atoms with van der Waals surface area (Å²) in [6.07, 6.45) is -6.93. The second-order valence-corrected chi connectivity index (χ2v) is 13.3. The second kappa shape index (κ2) is 9.07. The van der Waals surface area contributed by atoms with Crippen LogP contribution in [0.25, 0.3) is 0 Å². The molecule has 1 aromatic carbocycles. The molecule has 3 aliphatic carbocycles. The third-order valence-corrected chi connectivity index (χ3v) is 10.7. The highest BCUT2D eigenvalue weighted by Gasteiger charge is 2.86. The van der Waals surface area contributed by atoms with Crippen molar-refractivity contribution in [2.75, 3.05) is 0 Å². The molecule has 0 radical (unpaired) electrons. The van der Waals surface area contributed by atoms with Crippen LogP contribution in [-0.2, 0) is 28.5 Å². The minimum atomic E-state index is -2.28. The molecule has 0 aromatic heterocycles. The monoisotopic (exact) mass is 588 g/mol. The maximum absolute atomic E-state index is 13.5. The first kappa shape index (κ1) is 29.7. The van der Waals surface area contributed by atoms with Gasteiger partial charge >= 0.3 is 11.9 Å². The predicted octanol–water partition coefficient (Wildman–Crippen LogP) is 1.46. The van der Waals surface area contributed by atoms with Crippen LogP contribution in [0.1, 0.15) is 58.3 Å². The van der Waals surface area contributed by atoms with Crippen molar-refractivity contribution in [3.8, 4) is 0 Å². The van der Waals surface area contributed by atoms with Gasteiger partial charge in [0.2, 0.25) is 0 Å². The van der Waals surface area contributed by atoms with Gasteiger partial charge < -0.3 is 44.1 Å². The van der Waals surface area contributed by atoms with Gasteiger partial charge in [-0.2, -0.15) is 0 Å². The lowest BCUT2D eigenvalue weighted by Crippen LogP contribution is -2.77. The van der Waals surface area contributed by atoms with Crippen LogP contribution < -0.4 is 0 Å². The standard InChI is InChI=1S/C31H40O11/c1-14(2)30-23(39-25(35)18-11-9-8-10-12-18)16(4)31-19-13-15(3)21(33)29(19,37)26(38-17(5)32)27(6,36)22(34)20(31)24(30)40-28(7,41-30)42-31/h8-12,15-16,19-24,26,33-34,36-37H,1,13H2,2-7H3/t15-,16+,19+,20-,21-,22-,23-,24+,26+,27+,28+,29+,30-,31-/m0/s1. The van der Waals surface area contributed by atoms with Gasteiger partial charge in [0.05, 0.1) is 23.4 Å². The number of aliphatic hydroxyl groups excluding tert-OH is 2. The van der Waals surface area contributed by atoms with Gasteiger partial charge in [0, 0.05) is 31.6 Å². The summed E-state index contributed by atoms with van der Waals surface area (Å²) < 4.78 is 31.5. The minimum Gasteiger partial charge on any atom is -0.456 e. The van der Waals surface area contributed by atoms with Gasteiger partial charge in [-0.05, 0) is 43.9 Å². The molecule has 6 rings (SSSR count). The fourth-order valence-corrected chi connectivity index (χ4v) is 9.10. The van der Waals surface area contributed by atoms with E-state index in [4.69, 9.17) is 23.7 Å². The third-order valence-electron chi connectivity index (χ3n) is 10.7. The Balaban J connectivity index is 1.61. The summed E-state index contributed by atoms with van der Waals surface area (Å²) in [5, 5.41) is 48.2. The van der Waals surface area contributed by atoms with Crippen molar-refractivity contribution in [2.45, 2.75) is 107 Å². The average Bonchev–Trinajstić information content (AvgIpc) is 3.28.